The van der Waals surface area contributed by atoms with Gasteiger partial charge in [-0.1, -0.05) is 0 Å². The summed E-state index contributed by atoms with van der Waals surface area (Å²) in [6, 6.07) is 1.83. The van der Waals surface area contributed by atoms with E-state index in [2.05, 4.69) is 5.10 Å². The number of aryl methyl sites for hydroxylation is 1. The van der Waals surface area contributed by atoms with Crippen LogP contribution in [0.4, 0.5) is 0 Å². The largest absolute Gasteiger partial charge is 0.481 e. The summed E-state index contributed by atoms with van der Waals surface area (Å²) < 4.78 is 1.78. The number of carboxylic acid groups (broad SMARTS) is 1. The summed E-state index contributed by atoms with van der Waals surface area (Å²) in [6.45, 7) is 2.87. The van der Waals surface area contributed by atoms with Crippen LogP contribution in [0.3, 0.4) is 0 Å². The Morgan fingerprint density at radius 1 is 1.79 bits per heavy atom. The molecule has 1 unspecified atom stereocenters. The minimum atomic E-state index is -0.851. The molecule has 5 heteroatoms. The Bertz CT molecular complexity index is 309. The molecule has 0 spiro atoms. The van der Waals surface area contributed by atoms with E-state index in [1.165, 1.54) is 0 Å². The third-order valence-electron chi connectivity index (χ3n) is 2.19. The van der Waals surface area contributed by atoms with Crippen molar-refractivity contribution >= 4 is 5.97 Å². The number of carbonyl (C=O) groups is 1. The van der Waals surface area contributed by atoms with Crippen LogP contribution in [0.15, 0.2) is 12.3 Å². The molecule has 1 atom stereocenters. The van der Waals surface area contributed by atoms with Crippen molar-refractivity contribution in [3.05, 3.63) is 18.0 Å². The van der Waals surface area contributed by atoms with Gasteiger partial charge in [-0.2, -0.15) is 5.10 Å². The second-order valence-corrected chi connectivity index (χ2v) is 3.11. The zero-order valence-corrected chi connectivity index (χ0v) is 8.18. The summed E-state index contributed by atoms with van der Waals surface area (Å²) in [6.07, 6.45) is 2.12. The van der Waals surface area contributed by atoms with Gasteiger partial charge in [0.15, 0.2) is 0 Å². The van der Waals surface area contributed by atoms with E-state index in [-0.39, 0.29) is 6.54 Å². The van der Waals surface area contributed by atoms with Gasteiger partial charge in [-0.15, -0.1) is 0 Å². The predicted molar refractivity (Wildman–Crippen MR) is 51.8 cm³/mol. The summed E-state index contributed by atoms with van der Waals surface area (Å²) in [5.74, 6) is -1.37. The average Bonchev–Trinajstić information content (AvgIpc) is 2.60. The van der Waals surface area contributed by atoms with Crippen LogP contribution in [0.1, 0.15) is 12.6 Å². The Kier molecular flexibility index (Phi) is 3.64. The SMILES string of the molecule is CCn1nccc1CC(CN)C(=O)O. The van der Waals surface area contributed by atoms with Crippen molar-refractivity contribution in [1.29, 1.82) is 0 Å². The molecule has 14 heavy (non-hydrogen) atoms. The van der Waals surface area contributed by atoms with E-state index >= 15 is 0 Å². The van der Waals surface area contributed by atoms with Crippen LogP contribution >= 0.6 is 0 Å². The maximum Gasteiger partial charge on any atom is 0.308 e. The number of nitrogens with zero attached hydrogens (tertiary/aromatic N) is 2. The van der Waals surface area contributed by atoms with Gasteiger partial charge in [0.1, 0.15) is 0 Å². The van der Waals surface area contributed by atoms with E-state index in [4.69, 9.17) is 10.8 Å². The fourth-order valence-corrected chi connectivity index (χ4v) is 1.34. The summed E-state index contributed by atoms with van der Waals surface area (Å²) in [5, 5.41) is 12.9. The lowest BCUT2D eigenvalue weighted by Crippen LogP contribution is -2.26. The maximum atomic E-state index is 10.7. The van der Waals surface area contributed by atoms with Gasteiger partial charge in [0, 0.05) is 31.4 Å². The van der Waals surface area contributed by atoms with Crippen LogP contribution in [0.25, 0.3) is 0 Å². The van der Waals surface area contributed by atoms with Crippen LogP contribution in [-0.4, -0.2) is 27.4 Å². The zero-order chi connectivity index (χ0) is 10.6. The van der Waals surface area contributed by atoms with Crippen LogP contribution in [0, 0.1) is 5.92 Å². The van der Waals surface area contributed by atoms with E-state index < -0.39 is 11.9 Å². The van der Waals surface area contributed by atoms with E-state index in [0.29, 0.717) is 6.42 Å². The second-order valence-electron chi connectivity index (χ2n) is 3.11. The van der Waals surface area contributed by atoms with Crippen LogP contribution in [0.5, 0.6) is 0 Å². The second kappa shape index (κ2) is 4.76. The van der Waals surface area contributed by atoms with E-state index in [9.17, 15) is 4.79 Å². The third kappa shape index (κ3) is 2.32. The molecule has 0 amide bonds. The van der Waals surface area contributed by atoms with E-state index in [0.717, 1.165) is 12.2 Å². The highest BCUT2D eigenvalue weighted by molar-refractivity contribution is 5.70. The Morgan fingerprint density at radius 3 is 3.00 bits per heavy atom. The topological polar surface area (TPSA) is 81.1 Å². The highest BCUT2D eigenvalue weighted by Crippen LogP contribution is 2.07. The number of carboxylic acids is 1. The normalized spacial score (nSPS) is 12.7. The summed E-state index contributed by atoms with van der Waals surface area (Å²) >= 11 is 0. The highest BCUT2D eigenvalue weighted by Gasteiger charge is 2.17. The molecular weight excluding hydrogens is 182 g/mol. The fraction of sp³-hybridized carbons (Fsp3) is 0.556. The Hall–Kier alpha value is -1.36. The van der Waals surface area contributed by atoms with Crippen LogP contribution in [-0.2, 0) is 17.8 Å². The van der Waals surface area contributed by atoms with Crippen molar-refractivity contribution < 1.29 is 9.90 Å². The molecule has 5 nitrogen and oxygen atoms in total. The standard InChI is InChI=1S/C9H15N3O2/c1-2-12-8(3-4-11-12)5-7(6-10)9(13)14/h3-4,7H,2,5-6,10H2,1H3,(H,13,14). The van der Waals surface area contributed by atoms with E-state index in [1.54, 1.807) is 10.9 Å². The van der Waals surface area contributed by atoms with Crippen molar-refractivity contribution in [1.82, 2.24) is 9.78 Å². The number of rotatable bonds is 5. The van der Waals surface area contributed by atoms with Crippen LogP contribution in [0.2, 0.25) is 0 Å². The van der Waals surface area contributed by atoms with Crippen molar-refractivity contribution in [3.63, 3.8) is 0 Å². The Balaban J connectivity index is 2.71. The van der Waals surface area contributed by atoms with Crippen molar-refractivity contribution in [3.8, 4) is 0 Å². The van der Waals surface area contributed by atoms with Gasteiger partial charge < -0.3 is 10.8 Å². The minimum absolute atomic E-state index is 0.157. The van der Waals surface area contributed by atoms with Crippen molar-refractivity contribution in [2.45, 2.75) is 19.9 Å². The van der Waals surface area contributed by atoms with Gasteiger partial charge in [-0.25, -0.2) is 0 Å². The first-order chi connectivity index (χ1) is 6.69. The molecule has 78 valence electrons. The van der Waals surface area contributed by atoms with Gasteiger partial charge in [-0.3, -0.25) is 9.48 Å². The molecule has 1 heterocycles. The monoisotopic (exact) mass is 197 g/mol. The summed E-state index contributed by atoms with van der Waals surface area (Å²) in [7, 11) is 0. The average molecular weight is 197 g/mol. The van der Waals surface area contributed by atoms with Gasteiger partial charge >= 0.3 is 5.97 Å². The molecule has 1 aromatic heterocycles. The molecule has 0 radical (unpaired) electrons. The highest BCUT2D eigenvalue weighted by atomic mass is 16.4. The smallest absolute Gasteiger partial charge is 0.308 e. The molecule has 0 aliphatic heterocycles. The van der Waals surface area contributed by atoms with Crippen molar-refractivity contribution in [2.75, 3.05) is 6.54 Å². The lowest BCUT2D eigenvalue weighted by molar-refractivity contribution is -0.141. The molecule has 0 aromatic carbocycles. The maximum absolute atomic E-state index is 10.7. The predicted octanol–water partition coefficient (Wildman–Crippen LogP) is 0.105. The molecule has 1 aromatic rings. The molecule has 0 fully saturated rings. The molecular formula is C9H15N3O2. The van der Waals surface area contributed by atoms with E-state index in [1.807, 2.05) is 13.0 Å². The van der Waals surface area contributed by atoms with Gasteiger partial charge in [0.25, 0.3) is 0 Å². The molecule has 0 aliphatic rings. The minimum Gasteiger partial charge on any atom is -0.481 e. The van der Waals surface area contributed by atoms with Gasteiger partial charge in [0.2, 0.25) is 0 Å². The summed E-state index contributed by atoms with van der Waals surface area (Å²) in [5.41, 5.74) is 6.29. The number of aliphatic carboxylic acids is 1. The lowest BCUT2D eigenvalue weighted by atomic mass is 10.0. The van der Waals surface area contributed by atoms with Crippen molar-refractivity contribution in [2.24, 2.45) is 11.7 Å². The summed E-state index contributed by atoms with van der Waals surface area (Å²) in [4.78, 5) is 10.7. The molecule has 0 saturated heterocycles. The van der Waals surface area contributed by atoms with Gasteiger partial charge in [0.05, 0.1) is 5.92 Å². The first kappa shape index (κ1) is 10.7. The first-order valence-corrected chi connectivity index (χ1v) is 4.62. The Morgan fingerprint density at radius 2 is 2.50 bits per heavy atom. The lowest BCUT2D eigenvalue weighted by Gasteiger charge is -2.10. The third-order valence-corrected chi connectivity index (χ3v) is 2.19. The molecule has 1 rings (SSSR count). The quantitative estimate of drug-likeness (QED) is 0.701. The van der Waals surface area contributed by atoms with Gasteiger partial charge in [-0.05, 0) is 13.0 Å². The number of hydrogen-bond acceptors (Lipinski definition) is 3. The first-order valence-electron chi connectivity index (χ1n) is 4.62. The molecule has 0 bridgehead atoms. The van der Waals surface area contributed by atoms with Crippen LogP contribution < -0.4 is 5.73 Å². The number of aromatic nitrogens is 2. The Labute approximate surface area is 82.5 Å². The number of nitrogens with two attached hydrogens (primary N) is 1. The molecule has 0 aliphatic carbocycles. The fourth-order valence-electron chi connectivity index (χ4n) is 1.34. The number of hydrogen-bond donors (Lipinski definition) is 2. The molecule has 3 N–H and O–H groups in total. The molecule has 0 saturated carbocycles. The zero-order valence-electron chi connectivity index (χ0n) is 8.18.